The van der Waals surface area contributed by atoms with Crippen molar-refractivity contribution in [2.75, 3.05) is 0 Å². The zero-order chi connectivity index (χ0) is 16.0. The van der Waals surface area contributed by atoms with Crippen LogP contribution in [0.2, 0.25) is 0 Å². The Hall–Kier alpha value is -1.92. The van der Waals surface area contributed by atoms with E-state index in [1.54, 1.807) is 19.9 Å². The zero-order valence-electron chi connectivity index (χ0n) is 12.2. The van der Waals surface area contributed by atoms with E-state index in [0.717, 1.165) is 0 Å². The summed E-state index contributed by atoms with van der Waals surface area (Å²) in [6, 6.07) is 0. The van der Waals surface area contributed by atoms with Crippen molar-refractivity contribution < 1.29 is 29.3 Å². The van der Waals surface area contributed by atoms with Gasteiger partial charge in [-0.3, -0.25) is 0 Å². The number of carbonyl (C=O) groups is 2. The monoisotopic (exact) mass is 296 g/mol. The Morgan fingerprint density at radius 1 is 1.43 bits per heavy atom. The minimum Gasteiger partial charge on any atom is -0.451 e. The molecule has 6 heteroatoms. The Bertz CT molecular complexity index is 475. The third kappa shape index (κ3) is 5.17. The van der Waals surface area contributed by atoms with Gasteiger partial charge in [0.1, 0.15) is 0 Å². The molecule has 1 rings (SSSR count). The molecule has 0 bridgehead atoms. The number of ether oxygens (including phenoxy) is 2. The van der Waals surface area contributed by atoms with Crippen LogP contribution >= 0.6 is 0 Å². The molecule has 1 heterocycles. The minimum atomic E-state index is -1.10. The van der Waals surface area contributed by atoms with Crippen LogP contribution in [0.5, 0.6) is 0 Å². The normalized spacial score (nSPS) is 23.0. The van der Waals surface area contributed by atoms with Crippen molar-refractivity contribution >= 4 is 11.9 Å². The van der Waals surface area contributed by atoms with Gasteiger partial charge in [-0.15, -0.1) is 0 Å². The topological polar surface area (TPSA) is 93.1 Å². The van der Waals surface area contributed by atoms with Gasteiger partial charge in [0.05, 0.1) is 12.2 Å². The first kappa shape index (κ1) is 17.1. The van der Waals surface area contributed by atoms with Gasteiger partial charge in [-0.1, -0.05) is 12.2 Å². The van der Waals surface area contributed by atoms with Crippen molar-refractivity contribution in [2.45, 2.75) is 45.2 Å². The molecule has 0 aliphatic carbocycles. The molecule has 6 nitrogen and oxygen atoms in total. The summed E-state index contributed by atoms with van der Waals surface area (Å²) in [6.07, 6.45) is 3.33. The second-order valence-electron chi connectivity index (χ2n) is 4.72. The highest BCUT2D eigenvalue weighted by molar-refractivity contribution is 5.88. The molecule has 0 aromatic carbocycles. The fraction of sp³-hybridized carbons (Fsp3) is 0.467. The van der Waals surface area contributed by atoms with E-state index in [2.05, 4.69) is 0 Å². The van der Waals surface area contributed by atoms with Crippen LogP contribution in [-0.4, -0.2) is 46.6 Å². The third-order valence-electron chi connectivity index (χ3n) is 2.99. The second-order valence-corrected chi connectivity index (χ2v) is 4.72. The molecular weight excluding hydrogens is 276 g/mol. The molecular formula is C15H20O6. The van der Waals surface area contributed by atoms with Crippen molar-refractivity contribution in [3.05, 3.63) is 36.0 Å². The standard InChI is InChI=1S/C15H20O6/c1-4-9(2)15(19)21-13(6-5-11(17)10(3)16)12-7-8-14(18)20-12/h4-8,10-13,16-17H,1-3H3. The van der Waals surface area contributed by atoms with Gasteiger partial charge in [0.25, 0.3) is 0 Å². The van der Waals surface area contributed by atoms with Crippen LogP contribution in [0.15, 0.2) is 36.0 Å². The molecule has 0 saturated carbocycles. The first-order valence-corrected chi connectivity index (χ1v) is 6.62. The molecule has 0 saturated heterocycles. The van der Waals surface area contributed by atoms with E-state index in [1.807, 2.05) is 0 Å². The van der Waals surface area contributed by atoms with Crippen molar-refractivity contribution in [1.29, 1.82) is 0 Å². The van der Waals surface area contributed by atoms with E-state index in [9.17, 15) is 19.8 Å². The second kappa shape index (κ2) is 7.75. The van der Waals surface area contributed by atoms with Gasteiger partial charge in [-0.25, -0.2) is 9.59 Å². The first-order chi connectivity index (χ1) is 9.85. The summed E-state index contributed by atoms with van der Waals surface area (Å²) < 4.78 is 10.2. The molecule has 116 valence electrons. The molecule has 4 atom stereocenters. The molecule has 1 aliphatic heterocycles. The Kier molecular flexibility index (Phi) is 6.33. The number of aliphatic hydroxyl groups excluding tert-OH is 2. The van der Waals surface area contributed by atoms with E-state index >= 15 is 0 Å². The molecule has 0 radical (unpaired) electrons. The highest BCUT2D eigenvalue weighted by Crippen LogP contribution is 2.16. The summed E-state index contributed by atoms with van der Waals surface area (Å²) >= 11 is 0. The molecule has 0 aromatic heterocycles. The van der Waals surface area contributed by atoms with Gasteiger partial charge in [0, 0.05) is 11.6 Å². The van der Waals surface area contributed by atoms with Crippen LogP contribution in [0, 0.1) is 0 Å². The Balaban J connectivity index is 2.82. The smallest absolute Gasteiger partial charge is 0.334 e. The van der Waals surface area contributed by atoms with E-state index in [4.69, 9.17) is 9.47 Å². The maximum absolute atomic E-state index is 11.8. The summed E-state index contributed by atoms with van der Waals surface area (Å²) in [5.41, 5.74) is 0.415. The largest absolute Gasteiger partial charge is 0.451 e. The summed E-state index contributed by atoms with van der Waals surface area (Å²) in [5, 5.41) is 18.8. The Labute approximate surface area is 123 Å². The lowest BCUT2D eigenvalue weighted by molar-refractivity contribution is -0.153. The number of hydrogen-bond acceptors (Lipinski definition) is 6. The van der Waals surface area contributed by atoms with E-state index in [0.29, 0.717) is 5.57 Å². The first-order valence-electron chi connectivity index (χ1n) is 6.62. The van der Waals surface area contributed by atoms with Crippen molar-refractivity contribution in [1.82, 2.24) is 0 Å². The Morgan fingerprint density at radius 2 is 2.10 bits per heavy atom. The van der Waals surface area contributed by atoms with Crippen LogP contribution in [0.1, 0.15) is 20.8 Å². The average molecular weight is 296 g/mol. The van der Waals surface area contributed by atoms with Crippen LogP contribution in [-0.2, 0) is 19.1 Å². The molecule has 2 N–H and O–H groups in total. The number of hydrogen-bond donors (Lipinski definition) is 2. The molecule has 21 heavy (non-hydrogen) atoms. The molecule has 4 unspecified atom stereocenters. The lowest BCUT2D eigenvalue weighted by atomic mass is 10.1. The van der Waals surface area contributed by atoms with Crippen molar-refractivity contribution in [3.63, 3.8) is 0 Å². The van der Waals surface area contributed by atoms with Gasteiger partial charge in [-0.2, -0.15) is 0 Å². The molecule has 0 fully saturated rings. The molecule has 1 aliphatic rings. The van der Waals surface area contributed by atoms with Crippen molar-refractivity contribution in [2.24, 2.45) is 0 Å². The fourth-order valence-electron chi connectivity index (χ4n) is 1.50. The predicted octanol–water partition coefficient (Wildman–Crippen LogP) is 0.644. The number of esters is 2. The van der Waals surface area contributed by atoms with Gasteiger partial charge in [0.2, 0.25) is 0 Å². The SMILES string of the molecule is CC=C(C)C(=O)OC(C=CC(O)C(C)O)C1C=CC(=O)O1. The summed E-state index contributed by atoms with van der Waals surface area (Å²) in [6.45, 7) is 4.73. The van der Waals surface area contributed by atoms with Crippen LogP contribution in [0.25, 0.3) is 0 Å². The molecule has 0 spiro atoms. The highest BCUT2D eigenvalue weighted by Gasteiger charge is 2.28. The van der Waals surface area contributed by atoms with Crippen LogP contribution in [0.4, 0.5) is 0 Å². The number of cyclic esters (lactones) is 1. The highest BCUT2D eigenvalue weighted by atomic mass is 16.6. The maximum atomic E-state index is 11.8. The fourth-order valence-corrected chi connectivity index (χ4v) is 1.50. The number of rotatable bonds is 6. The number of carbonyl (C=O) groups excluding carboxylic acids is 2. The van der Waals surface area contributed by atoms with Gasteiger partial charge in [0.15, 0.2) is 12.2 Å². The summed E-state index contributed by atoms with van der Waals surface area (Å²) in [5.74, 6) is -1.07. The number of aliphatic hydroxyl groups is 2. The number of allylic oxidation sites excluding steroid dienone is 1. The predicted molar refractivity (Wildman–Crippen MR) is 75.2 cm³/mol. The summed E-state index contributed by atoms with van der Waals surface area (Å²) in [7, 11) is 0. The van der Waals surface area contributed by atoms with Crippen LogP contribution in [0.3, 0.4) is 0 Å². The lowest BCUT2D eigenvalue weighted by Crippen LogP contribution is -2.30. The zero-order valence-corrected chi connectivity index (χ0v) is 12.2. The van der Waals surface area contributed by atoms with E-state index in [-0.39, 0.29) is 0 Å². The van der Waals surface area contributed by atoms with Gasteiger partial charge in [-0.05, 0) is 32.9 Å². The molecule has 0 amide bonds. The minimum absolute atomic E-state index is 0.415. The van der Waals surface area contributed by atoms with E-state index < -0.39 is 36.4 Å². The van der Waals surface area contributed by atoms with Crippen LogP contribution < -0.4 is 0 Å². The molecule has 0 aromatic rings. The quantitative estimate of drug-likeness (QED) is 0.424. The Morgan fingerprint density at radius 3 is 2.57 bits per heavy atom. The summed E-state index contributed by atoms with van der Waals surface area (Å²) in [4.78, 5) is 22.9. The van der Waals surface area contributed by atoms with Crippen molar-refractivity contribution in [3.8, 4) is 0 Å². The van der Waals surface area contributed by atoms with Gasteiger partial charge >= 0.3 is 11.9 Å². The average Bonchev–Trinajstić information content (AvgIpc) is 2.87. The lowest BCUT2D eigenvalue weighted by Gasteiger charge is -2.20. The third-order valence-corrected chi connectivity index (χ3v) is 2.99. The van der Waals surface area contributed by atoms with E-state index in [1.165, 1.54) is 31.2 Å². The maximum Gasteiger partial charge on any atom is 0.334 e. The van der Waals surface area contributed by atoms with Gasteiger partial charge < -0.3 is 19.7 Å².